The highest BCUT2D eigenvalue weighted by atomic mass is 31.1. The highest BCUT2D eigenvalue weighted by molar-refractivity contribution is 7.23. The summed E-state index contributed by atoms with van der Waals surface area (Å²) in [6.45, 7) is -0.301. The first kappa shape index (κ1) is 11.6. The first-order valence-electron chi connectivity index (χ1n) is 4.27. The maximum absolute atomic E-state index is 10.5. The molecule has 15 heavy (non-hydrogen) atoms. The van der Waals surface area contributed by atoms with E-state index in [0.29, 0.717) is 5.75 Å². The Morgan fingerprint density at radius 2 is 2.07 bits per heavy atom. The molecule has 1 rings (SSSR count). The lowest BCUT2D eigenvalue weighted by Crippen LogP contribution is -2.31. The molecule has 1 N–H and O–H groups in total. The van der Waals surface area contributed by atoms with Gasteiger partial charge in [0, 0.05) is 0 Å². The molecule has 0 amide bonds. The number of carbonyl (C=O) groups is 1. The van der Waals surface area contributed by atoms with Gasteiger partial charge in [-0.25, -0.2) is 0 Å². The van der Waals surface area contributed by atoms with Crippen molar-refractivity contribution in [3.05, 3.63) is 30.3 Å². The predicted molar refractivity (Wildman–Crippen MR) is 55.3 cm³/mol. The van der Waals surface area contributed by atoms with E-state index >= 15 is 0 Å². The van der Waals surface area contributed by atoms with Crippen LogP contribution in [-0.2, 0) is 9.36 Å². The lowest BCUT2D eigenvalue weighted by atomic mass is 10.3. The molecule has 80 valence electrons. The molecule has 1 aromatic carbocycles. The van der Waals surface area contributed by atoms with Gasteiger partial charge in [-0.3, -0.25) is 4.79 Å². The molecule has 0 aromatic heterocycles. The molecule has 0 bridgehead atoms. The van der Waals surface area contributed by atoms with Gasteiger partial charge in [-0.05, 0) is 12.1 Å². The number of hydrogen-bond acceptors (Lipinski definition) is 4. The Morgan fingerprint density at radius 3 is 2.60 bits per heavy atom. The smallest absolute Gasteiger partial charge is 0.343 e. The highest BCUT2D eigenvalue weighted by Crippen LogP contribution is 2.11. The van der Waals surface area contributed by atoms with Gasteiger partial charge in [-0.15, -0.1) is 0 Å². The molecule has 0 heterocycles. The predicted octanol–water partition coefficient (Wildman–Crippen LogP) is 1.35. The molecule has 0 aliphatic carbocycles. The SMILES string of the molecule is O=[PH+]CN(CC(=O)O)Oc1ccccc1. The number of carboxylic acid groups (broad SMARTS) is 1. The molecule has 1 atom stereocenters. The van der Waals surface area contributed by atoms with Gasteiger partial charge in [0.15, 0.2) is 0 Å². The molecule has 0 saturated heterocycles. The first-order chi connectivity index (χ1) is 7.22. The Morgan fingerprint density at radius 1 is 1.40 bits per heavy atom. The summed E-state index contributed by atoms with van der Waals surface area (Å²) in [6.07, 6.45) is 0.0706. The molecular formula is C9H11NO4P+. The minimum atomic E-state index is -1.02. The number of para-hydroxylation sites is 1. The third-order valence-corrected chi connectivity index (χ3v) is 2.01. The van der Waals surface area contributed by atoms with Crippen LogP contribution in [-0.4, -0.2) is 29.0 Å². The van der Waals surface area contributed by atoms with Gasteiger partial charge in [0.2, 0.25) is 6.29 Å². The van der Waals surface area contributed by atoms with E-state index in [4.69, 9.17) is 9.94 Å². The third kappa shape index (κ3) is 4.54. The van der Waals surface area contributed by atoms with Crippen molar-refractivity contribution in [2.24, 2.45) is 0 Å². The Kier molecular flexibility index (Phi) is 4.74. The van der Waals surface area contributed by atoms with Crippen molar-refractivity contribution in [1.82, 2.24) is 5.06 Å². The summed E-state index contributed by atoms with van der Waals surface area (Å²) in [5, 5.41) is 9.71. The molecule has 1 aromatic rings. The van der Waals surface area contributed by atoms with Gasteiger partial charge in [0.25, 0.3) is 0 Å². The van der Waals surface area contributed by atoms with E-state index in [-0.39, 0.29) is 12.8 Å². The lowest BCUT2D eigenvalue weighted by Gasteiger charge is -2.14. The van der Waals surface area contributed by atoms with E-state index < -0.39 is 14.4 Å². The second-order valence-corrected chi connectivity index (χ2v) is 3.35. The Bertz CT molecular complexity index is 330. The van der Waals surface area contributed by atoms with E-state index in [1.165, 1.54) is 0 Å². The quantitative estimate of drug-likeness (QED) is 0.588. The van der Waals surface area contributed by atoms with Crippen LogP contribution < -0.4 is 4.84 Å². The summed E-state index contributed by atoms with van der Waals surface area (Å²) in [7, 11) is -0.623. The highest BCUT2D eigenvalue weighted by Gasteiger charge is 2.14. The molecule has 6 heteroatoms. The van der Waals surface area contributed by atoms with Crippen molar-refractivity contribution in [3.8, 4) is 5.75 Å². The van der Waals surface area contributed by atoms with E-state index in [9.17, 15) is 9.36 Å². The fourth-order valence-corrected chi connectivity index (χ4v) is 1.29. The van der Waals surface area contributed by atoms with Gasteiger partial charge < -0.3 is 9.94 Å². The van der Waals surface area contributed by atoms with Crippen molar-refractivity contribution in [2.75, 3.05) is 12.8 Å². The Balaban J connectivity index is 2.58. The molecule has 0 saturated carbocycles. The molecule has 0 aliphatic heterocycles. The normalized spacial score (nSPS) is 10.5. The summed E-state index contributed by atoms with van der Waals surface area (Å²) in [6, 6.07) is 8.76. The van der Waals surface area contributed by atoms with E-state index in [1.54, 1.807) is 24.3 Å². The summed E-state index contributed by atoms with van der Waals surface area (Å²) < 4.78 is 10.4. The lowest BCUT2D eigenvalue weighted by molar-refractivity contribution is -0.146. The summed E-state index contributed by atoms with van der Waals surface area (Å²) in [5.41, 5.74) is 0. The van der Waals surface area contributed by atoms with Crippen molar-refractivity contribution in [2.45, 2.75) is 0 Å². The van der Waals surface area contributed by atoms with Crippen LogP contribution in [0.25, 0.3) is 0 Å². The first-order valence-corrected chi connectivity index (χ1v) is 5.38. The van der Waals surface area contributed by atoms with Crippen LogP contribution >= 0.6 is 8.46 Å². The fraction of sp³-hybridized carbons (Fsp3) is 0.222. The maximum Gasteiger partial charge on any atom is 0.343 e. The number of benzene rings is 1. The van der Waals surface area contributed by atoms with E-state index in [0.717, 1.165) is 5.06 Å². The zero-order valence-electron chi connectivity index (χ0n) is 7.92. The number of nitrogens with zero attached hydrogens (tertiary/aromatic N) is 1. The minimum absolute atomic E-state index is 0.0706. The monoisotopic (exact) mass is 228 g/mol. The van der Waals surface area contributed by atoms with E-state index in [1.807, 2.05) is 6.07 Å². The second-order valence-electron chi connectivity index (χ2n) is 2.74. The topological polar surface area (TPSA) is 66.8 Å². The van der Waals surface area contributed by atoms with Crippen molar-refractivity contribution >= 4 is 14.4 Å². The van der Waals surface area contributed by atoms with Crippen LogP contribution in [0.4, 0.5) is 0 Å². The van der Waals surface area contributed by atoms with Crippen LogP contribution in [0, 0.1) is 0 Å². The zero-order chi connectivity index (χ0) is 11.1. The van der Waals surface area contributed by atoms with Crippen molar-refractivity contribution in [3.63, 3.8) is 0 Å². The van der Waals surface area contributed by atoms with Crippen LogP contribution in [0.15, 0.2) is 30.3 Å². The second kappa shape index (κ2) is 6.11. The minimum Gasteiger partial charge on any atom is -0.480 e. The van der Waals surface area contributed by atoms with Gasteiger partial charge in [0.05, 0.1) is 0 Å². The average molecular weight is 228 g/mol. The van der Waals surface area contributed by atoms with Crippen LogP contribution in [0.3, 0.4) is 0 Å². The third-order valence-electron chi connectivity index (χ3n) is 1.53. The number of aliphatic carboxylic acids is 1. The van der Waals surface area contributed by atoms with Gasteiger partial charge >= 0.3 is 14.4 Å². The number of hydroxylamine groups is 2. The van der Waals surface area contributed by atoms with Gasteiger partial charge in [-0.2, -0.15) is 0 Å². The molecule has 0 radical (unpaired) electrons. The summed E-state index contributed by atoms with van der Waals surface area (Å²) in [4.78, 5) is 15.7. The molecule has 1 unspecified atom stereocenters. The van der Waals surface area contributed by atoms with Crippen molar-refractivity contribution in [1.29, 1.82) is 0 Å². The summed E-state index contributed by atoms with van der Waals surface area (Å²) >= 11 is 0. The number of rotatable bonds is 6. The number of hydrogen-bond donors (Lipinski definition) is 1. The van der Waals surface area contributed by atoms with Crippen LogP contribution in [0.2, 0.25) is 0 Å². The molecule has 0 aliphatic rings. The summed E-state index contributed by atoms with van der Waals surface area (Å²) in [5.74, 6) is -0.499. The fourth-order valence-electron chi connectivity index (χ4n) is 0.974. The van der Waals surface area contributed by atoms with Gasteiger partial charge in [-0.1, -0.05) is 27.8 Å². The van der Waals surface area contributed by atoms with E-state index in [2.05, 4.69) is 0 Å². The molecule has 0 fully saturated rings. The van der Waals surface area contributed by atoms with Gasteiger partial charge in [0.1, 0.15) is 12.3 Å². The Labute approximate surface area is 88.4 Å². The number of carboxylic acids is 1. The molecular weight excluding hydrogens is 217 g/mol. The van der Waals surface area contributed by atoms with Crippen molar-refractivity contribution < 1.29 is 19.3 Å². The molecule has 0 spiro atoms. The molecule has 5 nitrogen and oxygen atoms in total. The largest absolute Gasteiger partial charge is 0.480 e. The van der Waals surface area contributed by atoms with Crippen LogP contribution in [0.1, 0.15) is 0 Å². The zero-order valence-corrected chi connectivity index (χ0v) is 8.92. The Hall–Kier alpha value is -1.45. The standard InChI is InChI=1S/C9H10NO4P/c11-9(12)6-10(7-15-13)14-8-4-2-1-3-5-8/h1-5H,6-7H2,(H,11,12)/p+1. The average Bonchev–Trinajstić information content (AvgIpc) is 2.18. The maximum atomic E-state index is 10.5. The van der Waals surface area contributed by atoms with Crippen LogP contribution in [0.5, 0.6) is 5.75 Å².